The van der Waals surface area contributed by atoms with Gasteiger partial charge in [0.1, 0.15) is 0 Å². The molecule has 4 aromatic carbocycles. The van der Waals surface area contributed by atoms with Crippen LogP contribution in [0.4, 0.5) is 17.1 Å². The lowest BCUT2D eigenvalue weighted by Gasteiger charge is -2.16. The summed E-state index contributed by atoms with van der Waals surface area (Å²) in [5.74, 6) is 0.222. The molecule has 0 bridgehead atoms. The van der Waals surface area contributed by atoms with Crippen LogP contribution in [0.25, 0.3) is 6.08 Å². The number of thioether (sulfide) groups is 1. The highest BCUT2D eigenvalue weighted by atomic mass is 79.9. The minimum absolute atomic E-state index is 0.187. The van der Waals surface area contributed by atoms with Crippen LogP contribution in [-0.2, 0) is 9.59 Å². The zero-order valence-electron chi connectivity index (χ0n) is 24.5. The molecule has 1 aliphatic rings. The SMILES string of the molecule is COc1cc(/C=C2\SC(=Nc3ccc(C)cc3)N(c3ccc(C)cc3)C2=O)cc(Br)c1OCC(=O)Nc1ccc(C)c(Cl)c1. The number of hydrogen-bond acceptors (Lipinski definition) is 6. The summed E-state index contributed by atoms with van der Waals surface area (Å²) >= 11 is 11.0. The smallest absolute Gasteiger partial charge is 0.271 e. The van der Waals surface area contributed by atoms with Gasteiger partial charge in [-0.15, -0.1) is 0 Å². The molecule has 4 aromatic rings. The van der Waals surface area contributed by atoms with Gasteiger partial charge in [-0.25, -0.2) is 4.99 Å². The van der Waals surface area contributed by atoms with E-state index in [0.29, 0.717) is 42.3 Å². The topological polar surface area (TPSA) is 80.2 Å². The van der Waals surface area contributed by atoms with Crippen LogP contribution in [0.1, 0.15) is 22.3 Å². The van der Waals surface area contributed by atoms with Crippen molar-refractivity contribution < 1.29 is 19.1 Å². The first-order valence-corrected chi connectivity index (χ1v) is 15.6. The van der Waals surface area contributed by atoms with Gasteiger partial charge in [0, 0.05) is 10.7 Å². The summed E-state index contributed by atoms with van der Waals surface area (Å²) in [4.78, 5) is 33.3. The quantitative estimate of drug-likeness (QED) is 0.187. The Labute approximate surface area is 274 Å². The number of ether oxygens (including phenoxy) is 2. The van der Waals surface area contributed by atoms with Gasteiger partial charge < -0.3 is 14.8 Å². The molecule has 7 nitrogen and oxygen atoms in total. The van der Waals surface area contributed by atoms with Gasteiger partial charge in [-0.1, -0.05) is 53.1 Å². The van der Waals surface area contributed by atoms with Gasteiger partial charge in [0.2, 0.25) is 0 Å². The first kappa shape index (κ1) is 31.4. The van der Waals surface area contributed by atoms with Crippen molar-refractivity contribution in [2.75, 3.05) is 23.9 Å². The lowest BCUT2D eigenvalue weighted by atomic mass is 10.1. The van der Waals surface area contributed by atoms with Crippen molar-refractivity contribution in [3.05, 3.63) is 116 Å². The highest BCUT2D eigenvalue weighted by Gasteiger charge is 2.35. The number of nitrogens with one attached hydrogen (secondary N) is 1. The molecule has 10 heteroatoms. The van der Waals surface area contributed by atoms with Gasteiger partial charge in [-0.2, -0.15) is 0 Å². The van der Waals surface area contributed by atoms with Gasteiger partial charge >= 0.3 is 0 Å². The van der Waals surface area contributed by atoms with E-state index in [4.69, 9.17) is 26.1 Å². The predicted octanol–water partition coefficient (Wildman–Crippen LogP) is 8.86. The minimum Gasteiger partial charge on any atom is -0.493 e. The number of methoxy groups -OCH3 is 1. The van der Waals surface area contributed by atoms with Crippen LogP contribution in [0.15, 0.2) is 93.2 Å². The van der Waals surface area contributed by atoms with Crippen molar-refractivity contribution in [1.82, 2.24) is 0 Å². The Morgan fingerprint density at radius 3 is 2.34 bits per heavy atom. The van der Waals surface area contributed by atoms with Crippen molar-refractivity contribution in [3.63, 3.8) is 0 Å². The summed E-state index contributed by atoms with van der Waals surface area (Å²) in [6, 6.07) is 24.5. The molecule has 1 N–H and O–H groups in total. The van der Waals surface area contributed by atoms with E-state index in [1.807, 2.05) is 81.4 Å². The van der Waals surface area contributed by atoms with E-state index >= 15 is 0 Å². The average molecular weight is 691 g/mol. The molecule has 1 fully saturated rings. The lowest BCUT2D eigenvalue weighted by molar-refractivity contribution is -0.118. The number of aliphatic imine (C=N–C) groups is 1. The average Bonchev–Trinajstić information content (AvgIpc) is 3.29. The lowest BCUT2D eigenvalue weighted by Crippen LogP contribution is -2.28. The van der Waals surface area contributed by atoms with Gasteiger partial charge in [0.15, 0.2) is 23.3 Å². The van der Waals surface area contributed by atoms with Crippen molar-refractivity contribution in [3.8, 4) is 11.5 Å². The molecular weight excluding hydrogens is 662 g/mol. The number of halogens is 2. The third-order valence-corrected chi connectivity index (χ3v) is 8.68. The Kier molecular flexibility index (Phi) is 9.78. The fraction of sp³-hybridized carbons (Fsp3) is 0.147. The fourth-order valence-electron chi connectivity index (χ4n) is 4.32. The summed E-state index contributed by atoms with van der Waals surface area (Å²) in [6.45, 7) is 5.66. The normalized spacial score (nSPS) is 14.8. The number of benzene rings is 4. The van der Waals surface area contributed by atoms with E-state index in [9.17, 15) is 9.59 Å². The van der Waals surface area contributed by atoms with E-state index in [1.54, 1.807) is 29.2 Å². The van der Waals surface area contributed by atoms with E-state index < -0.39 is 0 Å². The standard InChI is InChI=1S/C34H29BrClN3O4S/c1-20-5-10-24(11-6-20)38-34-39(26-13-7-21(2)8-14-26)33(41)30(44-34)17-23-15-27(35)32(29(16-23)42-4)43-19-31(40)37-25-12-9-22(3)28(36)18-25/h5-18H,19H2,1-4H3,(H,37,40)/b30-17-,38-34?. The van der Waals surface area contributed by atoms with E-state index in [-0.39, 0.29) is 18.4 Å². The summed E-state index contributed by atoms with van der Waals surface area (Å²) in [5, 5.41) is 3.89. The molecule has 1 saturated heterocycles. The maximum Gasteiger partial charge on any atom is 0.271 e. The zero-order valence-corrected chi connectivity index (χ0v) is 27.6. The van der Waals surface area contributed by atoms with Gasteiger partial charge in [-0.3, -0.25) is 14.5 Å². The van der Waals surface area contributed by atoms with Crippen molar-refractivity contribution in [2.24, 2.45) is 4.99 Å². The molecule has 1 aliphatic heterocycles. The number of nitrogens with zero attached hydrogens (tertiary/aromatic N) is 2. The molecule has 0 spiro atoms. The summed E-state index contributed by atoms with van der Waals surface area (Å²) in [7, 11) is 1.51. The Hall–Kier alpha value is -4.05. The van der Waals surface area contributed by atoms with Crippen LogP contribution in [0.5, 0.6) is 11.5 Å². The molecule has 5 rings (SSSR count). The molecule has 0 atom stereocenters. The Morgan fingerprint density at radius 2 is 1.68 bits per heavy atom. The zero-order chi connectivity index (χ0) is 31.4. The maximum absolute atomic E-state index is 13.8. The van der Waals surface area contributed by atoms with Crippen LogP contribution in [0, 0.1) is 20.8 Å². The second-order valence-corrected chi connectivity index (χ2v) is 12.4. The van der Waals surface area contributed by atoms with E-state index in [0.717, 1.165) is 28.1 Å². The number of hydrogen-bond donors (Lipinski definition) is 1. The van der Waals surface area contributed by atoms with E-state index in [1.165, 1.54) is 18.9 Å². The molecule has 0 aliphatic carbocycles. The summed E-state index contributed by atoms with van der Waals surface area (Å²) in [6.07, 6.45) is 1.79. The summed E-state index contributed by atoms with van der Waals surface area (Å²) < 4.78 is 12.0. The highest BCUT2D eigenvalue weighted by molar-refractivity contribution is 9.10. The van der Waals surface area contributed by atoms with Gasteiger partial charge in [0.05, 0.1) is 27.9 Å². The predicted molar refractivity (Wildman–Crippen MR) is 184 cm³/mol. The summed E-state index contributed by atoms with van der Waals surface area (Å²) in [5.41, 5.74) is 5.91. The van der Waals surface area contributed by atoms with Crippen LogP contribution in [0.3, 0.4) is 0 Å². The molecular formula is C34H29BrClN3O4S. The number of anilines is 2. The molecule has 0 unspecified atom stereocenters. The van der Waals surface area contributed by atoms with Crippen LogP contribution >= 0.6 is 39.3 Å². The van der Waals surface area contributed by atoms with Crippen LogP contribution in [-0.4, -0.2) is 30.7 Å². The first-order valence-electron chi connectivity index (χ1n) is 13.6. The molecule has 2 amide bonds. The van der Waals surface area contributed by atoms with E-state index in [2.05, 4.69) is 21.2 Å². The largest absolute Gasteiger partial charge is 0.493 e. The molecule has 224 valence electrons. The first-order chi connectivity index (χ1) is 21.1. The third-order valence-electron chi connectivity index (χ3n) is 6.71. The second kappa shape index (κ2) is 13.7. The van der Waals surface area contributed by atoms with Crippen molar-refractivity contribution in [2.45, 2.75) is 20.8 Å². The number of rotatable bonds is 8. The fourth-order valence-corrected chi connectivity index (χ4v) is 6.08. The number of carbonyl (C=O) groups is 2. The van der Waals surface area contributed by atoms with Gasteiger partial charge in [-0.05, 0) is 114 Å². The monoisotopic (exact) mass is 689 g/mol. The molecule has 0 radical (unpaired) electrons. The molecule has 0 aromatic heterocycles. The highest BCUT2D eigenvalue weighted by Crippen LogP contribution is 2.41. The number of carbonyl (C=O) groups excluding carboxylic acids is 2. The van der Waals surface area contributed by atoms with Crippen molar-refractivity contribution >= 4 is 79.4 Å². The Balaban J connectivity index is 1.39. The maximum atomic E-state index is 13.8. The minimum atomic E-state index is -0.352. The molecule has 44 heavy (non-hydrogen) atoms. The molecule has 0 saturated carbocycles. The van der Waals surface area contributed by atoms with Crippen LogP contribution in [0.2, 0.25) is 5.02 Å². The third kappa shape index (κ3) is 7.35. The van der Waals surface area contributed by atoms with Crippen molar-refractivity contribution in [1.29, 1.82) is 0 Å². The molecule has 1 heterocycles. The van der Waals surface area contributed by atoms with Gasteiger partial charge in [0.25, 0.3) is 11.8 Å². The number of aryl methyl sites for hydroxylation is 3. The number of amidine groups is 1. The van der Waals surface area contributed by atoms with Crippen LogP contribution < -0.4 is 19.7 Å². The Bertz CT molecular complexity index is 1790. The second-order valence-electron chi connectivity index (χ2n) is 10.2. The number of amides is 2. The Morgan fingerprint density at radius 1 is 1.00 bits per heavy atom.